The second-order valence-electron chi connectivity index (χ2n) is 10.3. The minimum absolute atomic E-state index is 0.619. The molecular formula is C39H26ClN3. The van der Waals surface area contributed by atoms with Crippen molar-refractivity contribution < 1.29 is 0 Å². The fraction of sp³-hybridized carbons (Fsp3) is 0. The Balaban J connectivity index is 1.34. The highest BCUT2D eigenvalue weighted by Gasteiger charge is 2.14. The lowest BCUT2D eigenvalue weighted by Gasteiger charge is -2.11. The van der Waals surface area contributed by atoms with E-state index in [1.54, 1.807) is 0 Å². The molecule has 3 nitrogen and oxygen atoms in total. The van der Waals surface area contributed by atoms with E-state index < -0.39 is 0 Å². The molecule has 1 aromatic heterocycles. The third-order valence-corrected chi connectivity index (χ3v) is 7.66. The van der Waals surface area contributed by atoms with Crippen LogP contribution in [0.5, 0.6) is 0 Å². The predicted octanol–water partition coefficient (Wildman–Crippen LogP) is 10.5. The monoisotopic (exact) mass is 571 g/mol. The number of benzene rings is 6. The molecule has 7 rings (SSSR count). The molecule has 0 amide bonds. The summed E-state index contributed by atoms with van der Waals surface area (Å²) in [6.07, 6.45) is 0. The maximum Gasteiger partial charge on any atom is 0.164 e. The molecule has 0 fully saturated rings. The van der Waals surface area contributed by atoms with Crippen LogP contribution in [0.15, 0.2) is 158 Å². The van der Waals surface area contributed by atoms with Gasteiger partial charge in [-0.25, -0.2) is 15.0 Å². The zero-order valence-electron chi connectivity index (χ0n) is 23.2. The lowest BCUT2D eigenvalue weighted by molar-refractivity contribution is 1.07. The molecule has 204 valence electrons. The number of hydrogen-bond acceptors (Lipinski definition) is 3. The Morgan fingerprint density at radius 1 is 0.279 bits per heavy atom. The molecular weight excluding hydrogens is 546 g/mol. The minimum Gasteiger partial charge on any atom is -0.208 e. The first-order chi connectivity index (χ1) is 21.2. The molecule has 0 saturated carbocycles. The summed E-state index contributed by atoms with van der Waals surface area (Å²) < 4.78 is 0. The van der Waals surface area contributed by atoms with Crippen molar-refractivity contribution in [3.05, 3.63) is 163 Å². The molecule has 0 radical (unpaired) electrons. The quantitative estimate of drug-likeness (QED) is 0.199. The van der Waals surface area contributed by atoms with Crippen LogP contribution in [0, 0.1) is 0 Å². The maximum absolute atomic E-state index is 6.15. The van der Waals surface area contributed by atoms with Gasteiger partial charge >= 0.3 is 0 Å². The van der Waals surface area contributed by atoms with Crippen molar-refractivity contribution in [1.29, 1.82) is 0 Å². The molecule has 0 spiro atoms. The van der Waals surface area contributed by atoms with Gasteiger partial charge in [-0.2, -0.15) is 0 Å². The highest BCUT2D eigenvalue weighted by atomic mass is 35.5. The zero-order chi connectivity index (χ0) is 29.0. The Morgan fingerprint density at radius 2 is 0.605 bits per heavy atom. The molecule has 0 saturated heterocycles. The summed E-state index contributed by atoms with van der Waals surface area (Å²) in [5, 5.41) is 0.711. The van der Waals surface area contributed by atoms with Gasteiger partial charge in [-0.3, -0.25) is 0 Å². The van der Waals surface area contributed by atoms with E-state index >= 15 is 0 Å². The fourth-order valence-corrected chi connectivity index (χ4v) is 5.28. The van der Waals surface area contributed by atoms with Crippen molar-refractivity contribution in [3.8, 4) is 67.5 Å². The summed E-state index contributed by atoms with van der Waals surface area (Å²) in [5.74, 6) is 1.87. The summed E-state index contributed by atoms with van der Waals surface area (Å²) in [7, 11) is 0. The first-order valence-corrected chi connectivity index (χ1v) is 14.5. The SMILES string of the molecule is Clc1ccc(-c2cccc(-c3nc(-c4ccc(-c5ccccc5)cc4)nc(-c4cccc(-c5ccccc5)c4)n3)c2)cc1. The molecule has 0 N–H and O–H groups in total. The molecule has 0 atom stereocenters. The van der Waals surface area contributed by atoms with Crippen LogP contribution in [0.3, 0.4) is 0 Å². The number of aromatic nitrogens is 3. The lowest BCUT2D eigenvalue weighted by Crippen LogP contribution is -2.00. The van der Waals surface area contributed by atoms with Crippen LogP contribution >= 0.6 is 11.6 Å². The summed E-state index contributed by atoms with van der Waals surface area (Å²) >= 11 is 6.15. The van der Waals surface area contributed by atoms with Crippen molar-refractivity contribution in [1.82, 2.24) is 15.0 Å². The molecule has 7 aromatic rings. The third-order valence-electron chi connectivity index (χ3n) is 7.41. The van der Waals surface area contributed by atoms with Gasteiger partial charge in [0.25, 0.3) is 0 Å². The minimum atomic E-state index is 0.619. The molecule has 43 heavy (non-hydrogen) atoms. The second kappa shape index (κ2) is 11.8. The number of hydrogen-bond donors (Lipinski definition) is 0. The maximum atomic E-state index is 6.15. The van der Waals surface area contributed by atoms with Crippen molar-refractivity contribution in [2.24, 2.45) is 0 Å². The Hall–Kier alpha value is -5.38. The lowest BCUT2D eigenvalue weighted by atomic mass is 10.0. The molecule has 0 unspecified atom stereocenters. The van der Waals surface area contributed by atoms with E-state index in [-0.39, 0.29) is 0 Å². The molecule has 0 aliphatic rings. The van der Waals surface area contributed by atoms with E-state index in [4.69, 9.17) is 26.6 Å². The Morgan fingerprint density at radius 3 is 1.12 bits per heavy atom. The van der Waals surface area contributed by atoms with Gasteiger partial charge in [-0.1, -0.05) is 145 Å². The number of nitrogens with zero attached hydrogens (tertiary/aromatic N) is 3. The van der Waals surface area contributed by atoms with E-state index in [2.05, 4.69) is 97.1 Å². The van der Waals surface area contributed by atoms with Gasteiger partial charge in [-0.05, 0) is 57.6 Å². The van der Waals surface area contributed by atoms with Crippen molar-refractivity contribution in [2.45, 2.75) is 0 Å². The molecule has 6 aromatic carbocycles. The Bertz CT molecular complexity index is 2000. The van der Waals surface area contributed by atoms with Crippen LogP contribution in [0.2, 0.25) is 5.02 Å². The predicted molar refractivity (Wildman–Crippen MR) is 177 cm³/mol. The fourth-order valence-electron chi connectivity index (χ4n) is 5.15. The highest BCUT2D eigenvalue weighted by molar-refractivity contribution is 6.30. The average Bonchev–Trinajstić information content (AvgIpc) is 3.09. The largest absolute Gasteiger partial charge is 0.208 e. The summed E-state index contributed by atoms with van der Waals surface area (Å²) in [4.78, 5) is 15.0. The molecule has 0 aliphatic heterocycles. The second-order valence-corrected chi connectivity index (χ2v) is 10.7. The van der Waals surface area contributed by atoms with Gasteiger partial charge in [0, 0.05) is 21.7 Å². The number of rotatable bonds is 6. The molecule has 1 heterocycles. The van der Waals surface area contributed by atoms with Crippen LogP contribution in [0.4, 0.5) is 0 Å². The first-order valence-electron chi connectivity index (χ1n) is 14.1. The van der Waals surface area contributed by atoms with E-state index in [0.717, 1.165) is 44.5 Å². The zero-order valence-corrected chi connectivity index (χ0v) is 24.0. The molecule has 4 heteroatoms. The Labute approximate surface area is 256 Å². The summed E-state index contributed by atoms with van der Waals surface area (Å²) in [6, 6.07) is 53.6. The normalized spacial score (nSPS) is 10.9. The third kappa shape index (κ3) is 5.85. The summed E-state index contributed by atoms with van der Waals surface area (Å²) in [5.41, 5.74) is 9.48. The van der Waals surface area contributed by atoms with Crippen LogP contribution in [-0.4, -0.2) is 15.0 Å². The van der Waals surface area contributed by atoms with E-state index in [1.165, 1.54) is 5.56 Å². The van der Waals surface area contributed by atoms with Gasteiger partial charge in [-0.15, -0.1) is 0 Å². The Kier molecular flexibility index (Phi) is 7.31. The van der Waals surface area contributed by atoms with Crippen LogP contribution < -0.4 is 0 Å². The van der Waals surface area contributed by atoms with Gasteiger partial charge in [0.05, 0.1) is 0 Å². The van der Waals surface area contributed by atoms with E-state index in [1.807, 2.05) is 60.7 Å². The van der Waals surface area contributed by atoms with Crippen LogP contribution in [0.1, 0.15) is 0 Å². The number of halogens is 1. The smallest absolute Gasteiger partial charge is 0.164 e. The molecule has 0 aliphatic carbocycles. The van der Waals surface area contributed by atoms with Gasteiger partial charge in [0.2, 0.25) is 0 Å². The molecule has 0 bridgehead atoms. The van der Waals surface area contributed by atoms with Crippen LogP contribution in [-0.2, 0) is 0 Å². The van der Waals surface area contributed by atoms with Crippen molar-refractivity contribution >= 4 is 11.6 Å². The topological polar surface area (TPSA) is 38.7 Å². The van der Waals surface area contributed by atoms with Crippen molar-refractivity contribution in [2.75, 3.05) is 0 Å². The highest BCUT2D eigenvalue weighted by Crippen LogP contribution is 2.31. The van der Waals surface area contributed by atoms with Gasteiger partial charge < -0.3 is 0 Å². The first kappa shape index (κ1) is 26.5. The standard InChI is InChI=1S/C39H26ClN3/c40-36-23-21-30(22-24-36)33-14-8-16-35(26-33)39-42-37(31-19-17-29(18-20-31)27-9-3-1-4-10-27)41-38(43-39)34-15-7-13-32(25-34)28-11-5-2-6-12-28/h1-26H. The average molecular weight is 572 g/mol. The van der Waals surface area contributed by atoms with Gasteiger partial charge in [0.1, 0.15) is 0 Å². The van der Waals surface area contributed by atoms with E-state index in [0.29, 0.717) is 22.5 Å². The van der Waals surface area contributed by atoms with Crippen LogP contribution in [0.25, 0.3) is 67.5 Å². The van der Waals surface area contributed by atoms with E-state index in [9.17, 15) is 0 Å². The van der Waals surface area contributed by atoms with Gasteiger partial charge in [0.15, 0.2) is 17.5 Å². The van der Waals surface area contributed by atoms with Crippen molar-refractivity contribution in [3.63, 3.8) is 0 Å². The summed E-state index contributed by atoms with van der Waals surface area (Å²) in [6.45, 7) is 0.